The van der Waals surface area contributed by atoms with Gasteiger partial charge in [-0.2, -0.15) is 0 Å². The molecular formula is C23H23NO2. The molecule has 3 fully saturated rings. The minimum Gasteiger partial charge on any atom is -0.274 e. The monoisotopic (exact) mass is 345 g/mol. The smallest absolute Gasteiger partial charge is 0.238 e. The van der Waals surface area contributed by atoms with Gasteiger partial charge in [-0.05, 0) is 61.6 Å². The van der Waals surface area contributed by atoms with Gasteiger partial charge in [0.2, 0.25) is 11.8 Å². The Morgan fingerprint density at radius 3 is 2.35 bits per heavy atom. The number of anilines is 1. The van der Waals surface area contributed by atoms with E-state index in [0.717, 1.165) is 29.7 Å². The van der Waals surface area contributed by atoms with Crippen LogP contribution in [0.2, 0.25) is 0 Å². The average molecular weight is 345 g/mol. The van der Waals surface area contributed by atoms with E-state index >= 15 is 0 Å². The zero-order chi connectivity index (χ0) is 18.0. The third kappa shape index (κ3) is 2.06. The van der Waals surface area contributed by atoms with Crippen molar-refractivity contribution in [2.75, 3.05) is 4.90 Å². The molecule has 5 rings (SSSR count). The molecule has 2 aromatic carbocycles. The first-order chi connectivity index (χ1) is 12.6. The summed E-state index contributed by atoms with van der Waals surface area (Å²) in [5.74, 6) is 0.895. The fourth-order valence-corrected chi connectivity index (χ4v) is 5.84. The van der Waals surface area contributed by atoms with E-state index in [9.17, 15) is 9.59 Å². The Morgan fingerprint density at radius 1 is 0.885 bits per heavy atom. The standard InChI is InChI=1S/C23H23NO2/c1-13-8-9-19(14(2)10-13)24-22(25)20-16-11-17(15-6-4-3-5-7-15)18(12-16)21(20)23(24)26/h3-10,16-18,20-21H,11-12H2,1-2H3/t16-,17-,18-,20-,21+/m1/s1. The average Bonchev–Trinajstić information content (AvgIpc) is 3.29. The van der Waals surface area contributed by atoms with E-state index < -0.39 is 0 Å². The first-order valence-electron chi connectivity index (χ1n) is 9.56. The van der Waals surface area contributed by atoms with E-state index in [1.54, 1.807) is 0 Å². The maximum absolute atomic E-state index is 13.3. The highest BCUT2D eigenvalue weighted by Gasteiger charge is 2.64. The molecule has 1 saturated heterocycles. The van der Waals surface area contributed by atoms with E-state index in [4.69, 9.17) is 0 Å². The topological polar surface area (TPSA) is 37.4 Å². The maximum atomic E-state index is 13.3. The van der Waals surface area contributed by atoms with Crippen molar-refractivity contribution in [2.45, 2.75) is 32.6 Å². The summed E-state index contributed by atoms with van der Waals surface area (Å²) in [5, 5.41) is 0. The number of hydrogen-bond acceptors (Lipinski definition) is 2. The summed E-state index contributed by atoms with van der Waals surface area (Å²) < 4.78 is 0. The van der Waals surface area contributed by atoms with Crippen molar-refractivity contribution in [2.24, 2.45) is 23.7 Å². The number of rotatable bonds is 2. The van der Waals surface area contributed by atoms with E-state index in [1.165, 1.54) is 10.5 Å². The number of nitrogens with zero attached hydrogens (tertiary/aromatic N) is 1. The second kappa shape index (κ2) is 5.54. The molecule has 26 heavy (non-hydrogen) atoms. The Kier molecular flexibility index (Phi) is 3.37. The number of amides is 2. The number of imide groups is 1. The summed E-state index contributed by atoms with van der Waals surface area (Å²) in [4.78, 5) is 28.0. The number of fused-ring (bicyclic) bond motifs is 5. The van der Waals surface area contributed by atoms with E-state index in [-0.39, 0.29) is 23.7 Å². The molecule has 3 aliphatic rings. The number of carbonyl (C=O) groups excluding carboxylic acids is 2. The zero-order valence-electron chi connectivity index (χ0n) is 15.2. The largest absolute Gasteiger partial charge is 0.274 e. The van der Waals surface area contributed by atoms with E-state index in [1.807, 2.05) is 38.1 Å². The Balaban J connectivity index is 1.51. The van der Waals surface area contributed by atoms with Crippen molar-refractivity contribution in [3.05, 3.63) is 65.2 Å². The van der Waals surface area contributed by atoms with E-state index in [2.05, 4.69) is 24.3 Å². The highest BCUT2D eigenvalue weighted by Crippen LogP contribution is 2.61. The summed E-state index contributed by atoms with van der Waals surface area (Å²) in [6.07, 6.45) is 2.06. The summed E-state index contributed by atoms with van der Waals surface area (Å²) in [7, 11) is 0. The fourth-order valence-electron chi connectivity index (χ4n) is 5.84. The van der Waals surface area contributed by atoms with Gasteiger partial charge in [0, 0.05) is 0 Å². The third-order valence-electron chi connectivity index (χ3n) is 6.84. The van der Waals surface area contributed by atoms with Gasteiger partial charge in [-0.15, -0.1) is 0 Å². The fraction of sp³-hybridized carbons (Fsp3) is 0.391. The molecule has 2 aromatic rings. The van der Waals surface area contributed by atoms with Crippen LogP contribution in [0.1, 0.15) is 35.4 Å². The lowest BCUT2D eigenvalue weighted by Crippen LogP contribution is -2.33. The SMILES string of the molecule is Cc1ccc(N2C(=O)[C@@H]3[C@H]4C[C@@H]([C@@H]3C2=O)[C@@H](c2ccccc2)C4)c(C)c1. The van der Waals surface area contributed by atoms with Crippen LogP contribution >= 0.6 is 0 Å². The normalized spacial score (nSPS) is 32.4. The molecule has 0 radical (unpaired) electrons. The Bertz CT molecular complexity index is 904. The van der Waals surface area contributed by atoms with Gasteiger partial charge >= 0.3 is 0 Å². The Labute approximate surface area is 154 Å². The van der Waals surface area contributed by atoms with Gasteiger partial charge in [0.1, 0.15) is 0 Å². The molecule has 2 aliphatic carbocycles. The number of hydrogen-bond donors (Lipinski definition) is 0. The van der Waals surface area contributed by atoms with Crippen LogP contribution in [0.5, 0.6) is 0 Å². The van der Waals surface area contributed by atoms with Crippen LogP contribution in [0.4, 0.5) is 5.69 Å². The predicted molar refractivity (Wildman–Crippen MR) is 101 cm³/mol. The highest BCUT2D eigenvalue weighted by atomic mass is 16.2. The van der Waals surface area contributed by atoms with Gasteiger partial charge in [-0.25, -0.2) is 4.90 Å². The van der Waals surface area contributed by atoms with Crippen LogP contribution < -0.4 is 4.90 Å². The number of aryl methyl sites for hydroxylation is 2. The molecule has 1 heterocycles. The molecule has 2 bridgehead atoms. The second-order valence-electron chi connectivity index (χ2n) is 8.27. The first kappa shape index (κ1) is 15.8. The van der Waals surface area contributed by atoms with E-state index in [0.29, 0.717) is 17.8 Å². The summed E-state index contributed by atoms with van der Waals surface area (Å²) in [6.45, 7) is 4.02. The minimum absolute atomic E-state index is 0.0279. The van der Waals surface area contributed by atoms with Crippen molar-refractivity contribution < 1.29 is 9.59 Å². The molecule has 5 atom stereocenters. The molecule has 3 heteroatoms. The molecule has 2 amide bonds. The van der Waals surface area contributed by atoms with Gasteiger partial charge in [0.15, 0.2) is 0 Å². The van der Waals surface area contributed by atoms with Crippen LogP contribution in [0.25, 0.3) is 0 Å². The number of benzene rings is 2. The zero-order valence-corrected chi connectivity index (χ0v) is 15.2. The quantitative estimate of drug-likeness (QED) is 0.764. The molecule has 0 aromatic heterocycles. The lowest BCUT2D eigenvalue weighted by Gasteiger charge is -2.28. The van der Waals surface area contributed by atoms with Crippen LogP contribution in [-0.2, 0) is 9.59 Å². The van der Waals surface area contributed by atoms with Crippen LogP contribution in [0, 0.1) is 37.5 Å². The molecule has 132 valence electrons. The molecule has 0 unspecified atom stereocenters. The molecular weight excluding hydrogens is 322 g/mol. The van der Waals surface area contributed by atoms with Crippen molar-refractivity contribution in [3.63, 3.8) is 0 Å². The third-order valence-corrected chi connectivity index (χ3v) is 6.84. The van der Waals surface area contributed by atoms with Crippen molar-refractivity contribution >= 4 is 17.5 Å². The molecule has 2 saturated carbocycles. The maximum Gasteiger partial charge on any atom is 0.238 e. The molecule has 0 N–H and O–H groups in total. The van der Waals surface area contributed by atoms with Crippen molar-refractivity contribution in [1.82, 2.24) is 0 Å². The van der Waals surface area contributed by atoms with Gasteiger partial charge < -0.3 is 0 Å². The summed E-state index contributed by atoms with van der Waals surface area (Å²) in [6, 6.07) is 16.5. The second-order valence-corrected chi connectivity index (χ2v) is 8.27. The van der Waals surface area contributed by atoms with Gasteiger partial charge in [0.05, 0.1) is 17.5 Å². The highest BCUT2D eigenvalue weighted by molar-refractivity contribution is 6.23. The van der Waals surface area contributed by atoms with Gasteiger partial charge in [0.25, 0.3) is 0 Å². The van der Waals surface area contributed by atoms with Crippen molar-refractivity contribution in [1.29, 1.82) is 0 Å². The van der Waals surface area contributed by atoms with Crippen LogP contribution in [0.3, 0.4) is 0 Å². The van der Waals surface area contributed by atoms with Crippen LogP contribution in [-0.4, -0.2) is 11.8 Å². The lowest BCUT2D eigenvalue weighted by molar-refractivity contribution is -0.123. The van der Waals surface area contributed by atoms with Crippen LogP contribution in [0.15, 0.2) is 48.5 Å². The molecule has 3 nitrogen and oxygen atoms in total. The minimum atomic E-state index is -0.132. The first-order valence-corrected chi connectivity index (χ1v) is 9.56. The molecule has 1 aliphatic heterocycles. The predicted octanol–water partition coefficient (Wildman–Crippen LogP) is 4.23. The Morgan fingerprint density at radius 2 is 1.62 bits per heavy atom. The lowest BCUT2D eigenvalue weighted by atomic mass is 9.73. The Hall–Kier alpha value is -2.42. The molecule has 0 spiro atoms. The van der Waals surface area contributed by atoms with Crippen molar-refractivity contribution in [3.8, 4) is 0 Å². The van der Waals surface area contributed by atoms with Gasteiger partial charge in [-0.1, -0.05) is 48.0 Å². The summed E-state index contributed by atoms with van der Waals surface area (Å²) in [5.41, 5.74) is 4.24. The number of carbonyl (C=O) groups is 2. The van der Waals surface area contributed by atoms with Gasteiger partial charge in [-0.3, -0.25) is 9.59 Å². The summed E-state index contributed by atoms with van der Waals surface area (Å²) >= 11 is 0.